The SMILES string of the molecule is CC(C)(C)OC(=O)Nc1ncsc1/C=C/C(=O)c1ccc(F)cc1. The minimum absolute atomic E-state index is 0.272. The van der Waals surface area contributed by atoms with Gasteiger partial charge in [-0.1, -0.05) is 0 Å². The van der Waals surface area contributed by atoms with Gasteiger partial charge in [0.15, 0.2) is 11.6 Å². The van der Waals surface area contributed by atoms with Gasteiger partial charge in [0.1, 0.15) is 11.4 Å². The van der Waals surface area contributed by atoms with Gasteiger partial charge >= 0.3 is 6.09 Å². The number of thiazole rings is 1. The molecule has 0 saturated heterocycles. The molecule has 126 valence electrons. The summed E-state index contributed by atoms with van der Waals surface area (Å²) in [6.07, 6.45) is 2.28. The lowest BCUT2D eigenvalue weighted by atomic mass is 10.1. The zero-order chi connectivity index (χ0) is 17.7. The number of ketones is 1. The van der Waals surface area contributed by atoms with Crippen molar-refractivity contribution in [2.75, 3.05) is 5.32 Å². The molecule has 0 fully saturated rings. The summed E-state index contributed by atoms with van der Waals surface area (Å²) in [5, 5.41) is 2.54. The van der Waals surface area contributed by atoms with Gasteiger partial charge in [-0.15, -0.1) is 11.3 Å². The van der Waals surface area contributed by atoms with Crippen molar-refractivity contribution >= 4 is 35.1 Å². The van der Waals surface area contributed by atoms with Gasteiger partial charge in [0.2, 0.25) is 0 Å². The molecule has 0 atom stereocenters. The maximum Gasteiger partial charge on any atom is 0.413 e. The highest BCUT2D eigenvalue weighted by Crippen LogP contribution is 2.21. The lowest BCUT2D eigenvalue weighted by molar-refractivity contribution is 0.0635. The summed E-state index contributed by atoms with van der Waals surface area (Å²) in [5.74, 6) is -0.356. The van der Waals surface area contributed by atoms with Crippen molar-refractivity contribution in [1.29, 1.82) is 0 Å². The van der Waals surface area contributed by atoms with Crippen molar-refractivity contribution in [3.8, 4) is 0 Å². The van der Waals surface area contributed by atoms with Gasteiger partial charge < -0.3 is 4.74 Å². The fraction of sp³-hybridized carbons (Fsp3) is 0.235. The Morgan fingerprint density at radius 2 is 1.92 bits per heavy atom. The molecular formula is C17H17FN2O3S. The van der Waals surface area contributed by atoms with Crippen LogP contribution in [0, 0.1) is 5.82 Å². The molecule has 0 aliphatic rings. The number of allylic oxidation sites excluding steroid dienone is 1. The van der Waals surface area contributed by atoms with Crippen LogP contribution in [-0.4, -0.2) is 22.5 Å². The van der Waals surface area contributed by atoms with Gasteiger partial charge in [-0.2, -0.15) is 0 Å². The third-order valence-corrected chi connectivity index (χ3v) is 3.52. The van der Waals surface area contributed by atoms with Gasteiger partial charge in [-0.25, -0.2) is 14.2 Å². The molecule has 0 radical (unpaired) electrons. The van der Waals surface area contributed by atoms with E-state index < -0.39 is 17.5 Å². The Balaban J connectivity index is 2.06. The number of aromatic nitrogens is 1. The number of ether oxygens (including phenoxy) is 1. The number of carbonyl (C=O) groups is 2. The monoisotopic (exact) mass is 348 g/mol. The number of rotatable bonds is 4. The number of amides is 1. The van der Waals surface area contributed by atoms with Crippen LogP contribution in [-0.2, 0) is 4.74 Å². The third-order valence-electron chi connectivity index (χ3n) is 2.73. The summed E-state index contributed by atoms with van der Waals surface area (Å²) < 4.78 is 18.0. The molecule has 0 aliphatic carbocycles. The first kappa shape index (κ1) is 17.8. The molecule has 7 heteroatoms. The number of halogens is 1. The zero-order valence-electron chi connectivity index (χ0n) is 13.5. The van der Waals surface area contributed by atoms with Crippen LogP contribution < -0.4 is 5.32 Å². The van der Waals surface area contributed by atoms with Crippen LogP contribution in [0.2, 0.25) is 0 Å². The van der Waals surface area contributed by atoms with Crippen LogP contribution in [0.1, 0.15) is 36.0 Å². The summed E-state index contributed by atoms with van der Waals surface area (Å²) in [5.41, 5.74) is 1.31. The molecular weight excluding hydrogens is 331 g/mol. The van der Waals surface area contributed by atoms with Gasteiger partial charge in [0.25, 0.3) is 0 Å². The lowest BCUT2D eigenvalue weighted by Gasteiger charge is -2.19. The zero-order valence-corrected chi connectivity index (χ0v) is 14.3. The van der Waals surface area contributed by atoms with Gasteiger partial charge in [-0.05, 0) is 57.2 Å². The molecule has 5 nitrogen and oxygen atoms in total. The Morgan fingerprint density at radius 3 is 2.54 bits per heavy atom. The van der Waals surface area contributed by atoms with Crippen LogP contribution in [0.3, 0.4) is 0 Å². The van der Waals surface area contributed by atoms with Crippen molar-refractivity contribution in [2.45, 2.75) is 26.4 Å². The van der Waals surface area contributed by atoms with E-state index in [1.807, 2.05) is 0 Å². The first-order valence-electron chi connectivity index (χ1n) is 7.16. The molecule has 1 aromatic carbocycles. The number of anilines is 1. The smallest absolute Gasteiger partial charge is 0.413 e. The molecule has 2 rings (SSSR count). The van der Waals surface area contributed by atoms with E-state index in [1.54, 1.807) is 32.4 Å². The van der Waals surface area contributed by atoms with Crippen molar-refractivity contribution in [3.05, 3.63) is 52.1 Å². The Kier molecular flexibility index (Phi) is 5.46. The second-order valence-electron chi connectivity index (χ2n) is 5.90. The van der Waals surface area contributed by atoms with Crippen LogP contribution in [0.15, 0.2) is 35.9 Å². The van der Waals surface area contributed by atoms with Crippen LogP contribution in [0.4, 0.5) is 15.0 Å². The van der Waals surface area contributed by atoms with Crippen molar-refractivity contribution in [3.63, 3.8) is 0 Å². The number of nitrogens with one attached hydrogen (secondary N) is 1. The number of carbonyl (C=O) groups excluding carboxylic acids is 2. The fourth-order valence-electron chi connectivity index (χ4n) is 1.73. The number of benzene rings is 1. The predicted octanol–water partition coefficient (Wildman–Crippen LogP) is 4.53. The number of hydrogen-bond donors (Lipinski definition) is 1. The first-order chi connectivity index (χ1) is 11.2. The maximum absolute atomic E-state index is 12.9. The summed E-state index contributed by atoms with van der Waals surface area (Å²) in [4.78, 5) is 28.5. The minimum Gasteiger partial charge on any atom is -0.444 e. The molecule has 2 aromatic rings. The molecule has 24 heavy (non-hydrogen) atoms. The topological polar surface area (TPSA) is 68.3 Å². The fourth-order valence-corrected chi connectivity index (χ4v) is 2.36. The largest absolute Gasteiger partial charge is 0.444 e. The quantitative estimate of drug-likeness (QED) is 0.651. The van der Waals surface area contributed by atoms with E-state index in [0.717, 1.165) is 0 Å². The Bertz CT molecular complexity index is 761. The Labute approximate surface area is 143 Å². The maximum atomic E-state index is 12.9. The summed E-state index contributed by atoms with van der Waals surface area (Å²) >= 11 is 1.27. The highest BCUT2D eigenvalue weighted by Gasteiger charge is 2.17. The predicted molar refractivity (Wildman–Crippen MR) is 91.7 cm³/mol. The molecule has 1 heterocycles. The summed E-state index contributed by atoms with van der Waals surface area (Å²) in [7, 11) is 0. The molecule has 0 aliphatic heterocycles. The second-order valence-corrected chi connectivity index (χ2v) is 6.78. The second kappa shape index (κ2) is 7.35. The van der Waals surface area contributed by atoms with Gasteiger partial charge in [0, 0.05) is 5.56 Å². The molecule has 0 unspecified atom stereocenters. The highest BCUT2D eigenvalue weighted by molar-refractivity contribution is 7.11. The van der Waals surface area contributed by atoms with Gasteiger partial charge in [0.05, 0.1) is 10.4 Å². The lowest BCUT2D eigenvalue weighted by Crippen LogP contribution is -2.27. The highest BCUT2D eigenvalue weighted by atomic mass is 32.1. The van der Waals surface area contributed by atoms with Crippen molar-refractivity contribution in [2.24, 2.45) is 0 Å². The van der Waals surface area contributed by atoms with E-state index in [4.69, 9.17) is 4.74 Å². The number of hydrogen-bond acceptors (Lipinski definition) is 5. The Hall–Kier alpha value is -2.54. The Morgan fingerprint density at radius 1 is 1.25 bits per heavy atom. The van der Waals surface area contributed by atoms with Crippen LogP contribution in [0.25, 0.3) is 6.08 Å². The van der Waals surface area contributed by atoms with E-state index >= 15 is 0 Å². The van der Waals surface area contributed by atoms with E-state index in [2.05, 4.69) is 10.3 Å². The molecule has 0 bridgehead atoms. The average molecular weight is 348 g/mol. The van der Waals surface area contributed by atoms with Crippen molar-refractivity contribution < 1.29 is 18.7 Å². The van der Waals surface area contributed by atoms with Crippen LogP contribution in [0.5, 0.6) is 0 Å². The molecule has 1 amide bonds. The molecule has 1 N–H and O–H groups in total. The van der Waals surface area contributed by atoms with E-state index in [1.165, 1.54) is 41.7 Å². The summed E-state index contributed by atoms with van der Waals surface area (Å²) in [6, 6.07) is 5.27. The number of nitrogens with zero attached hydrogens (tertiary/aromatic N) is 1. The standard InChI is InChI=1S/C17H17FN2O3S/c1-17(2,3)23-16(22)20-15-14(24-10-19-15)9-8-13(21)11-4-6-12(18)7-5-11/h4-10H,1-3H3,(H,20,22)/b9-8+. The van der Waals surface area contributed by atoms with Crippen molar-refractivity contribution in [1.82, 2.24) is 4.98 Å². The van der Waals surface area contributed by atoms with E-state index in [0.29, 0.717) is 16.3 Å². The molecule has 0 spiro atoms. The van der Waals surface area contributed by atoms with Gasteiger partial charge in [-0.3, -0.25) is 10.1 Å². The molecule has 1 aromatic heterocycles. The summed E-state index contributed by atoms with van der Waals surface area (Å²) in [6.45, 7) is 5.28. The van der Waals surface area contributed by atoms with E-state index in [9.17, 15) is 14.0 Å². The normalized spacial score (nSPS) is 11.5. The average Bonchev–Trinajstić information content (AvgIpc) is 2.90. The minimum atomic E-state index is -0.618. The van der Waals surface area contributed by atoms with E-state index in [-0.39, 0.29) is 5.78 Å². The first-order valence-corrected chi connectivity index (χ1v) is 8.04. The van der Waals surface area contributed by atoms with Crippen LogP contribution >= 0.6 is 11.3 Å². The third kappa shape index (κ3) is 5.27. The molecule has 0 saturated carbocycles.